The third-order valence-corrected chi connectivity index (χ3v) is 3.11. The molecule has 0 bridgehead atoms. The smallest absolute Gasteiger partial charge is 0.242 e. The van der Waals surface area contributed by atoms with Crippen LogP contribution in [0.25, 0.3) is 6.08 Å². The first-order valence-electron chi connectivity index (χ1n) is 4.58. The number of ether oxygens (including phenoxy) is 1. The van der Waals surface area contributed by atoms with Gasteiger partial charge in [-0.1, -0.05) is 24.4 Å². The lowest BCUT2D eigenvalue weighted by Crippen LogP contribution is -2.09. The molecule has 1 aliphatic rings. The molecule has 5 heteroatoms. The largest absolute Gasteiger partial charge is 0.497 e. The Kier molecular flexibility index (Phi) is 3.26. The highest BCUT2D eigenvalue weighted by Gasteiger charge is 2.21. The van der Waals surface area contributed by atoms with Crippen molar-refractivity contribution in [3.05, 3.63) is 35.5 Å². The highest BCUT2D eigenvalue weighted by atomic mass is 32.2. The van der Waals surface area contributed by atoms with Crippen LogP contribution in [0.15, 0.2) is 30.0 Å². The minimum Gasteiger partial charge on any atom is -0.497 e. The van der Waals surface area contributed by atoms with Crippen LogP contribution in [0.2, 0.25) is 0 Å². The molecule has 0 radical (unpaired) electrons. The number of benzene rings is 1. The van der Waals surface area contributed by atoms with Crippen molar-refractivity contribution in [3.8, 4) is 5.75 Å². The fourth-order valence-corrected chi connectivity index (χ4v) is 2.17. The fourth-order valence-electron chi connectivity index (χ4n) is 1.29. The van der Waals surface area contributed by atoms with Gasteiger partial charge in [-0.25, -0.2) is 0 Å². The number of carbonyl (C=O) groups is 1. The van der Waals surface area contributed by atoms with Crippen molar-refractivity contribution >= 4 is 39.5 Å². The molecule has 2 rings (SSSR count). The van der Waals surface area contributed by atoms with Gasteiger partial charge in [0.25, 0.3) is 0 Å². The summed E-state index contributed by atoms with van der Waals surface area (Å²) in [4.78, 5) is 11.4. The highest BCUT2D eigenvalue weighted by molar-refractivity contribution is 8.33. The summed E-state index contributed by atoms with van der Waals surface area (Å²) in [6.07, 6.45) is 1.77. The van der Waals surface area contributed by atoms with Crippen LogP contribution in [-0.2, 0) is 4.79 Å². The average molecular weight is 251 g/mol. The number of hydrogen-bond acceptors (Lipinski definition) is 4. The van der Waals surface area contributed by atoms with E-state index in [0.717, 1.165) is 23.1 Å². The molecule has 0 atom stereocenters. The lowest BCUT2D eigenvalue weighted by molar-refractivity contribution is -0.107. The molecule has 0 aromatic heterocycles. The van der Waals surface area contributed by atoms with Crippen LogP contribution in [0, 0.1) is 0 Å². The van der Waals surface area contributed by atoms with Gasteiger partial charge >= 0.3 is 0 Å². The monoisotopic (exact) mass is 251 g/mol. The topological polar surface area (TPSA) is 38.3 Å². The Bertz CT molecular complexity index is 465. The molecule has 1 fully saturated rings. The van der Waals surface area contributed by atoms with Gasteiger partial charge in [-0.3, -0.25) is 4.79 Å². The van der Waals surface area contributed by atoms with Crippen LogP contribution >= 0.6 is 24.0 Å². The first-order chi connectivity index (χ1) is 7.69. The lowest BCUT2D eigenvalue weighted by atomic mass is 10.2. The van der Waals surface area contributed by atoms with Gasteiger partial charge in [0, 0.05) is 0 Å². The molecule has 0 amide bonds. The van der Waals surface area contributed by atoms with Crippen LogP contribution in [-0.4, -0.2) is 16.5 Å². The van der Waals surface area contributed by atoms with E-state index < -0.39 is 0 Å². The SMILES string of the molecule is COc1ccc(/C=C2/NC(=S)SC2=O)cc1. The van der Waals surface area contributed by atoms with Crippen LogP contribution in [0.3, 0.4) is 0 Å². The molecular weight excluding hydrogens is 242 g/mol. The number of rotatable bonds is 2. The van der Waals surface area contributed by atoms with Crippen molar-refractivity contribution in [1.82, 2.24) is 5.32 Å². The fraction of sp³-hybridized carbons (Fsp3) is 0.0909. The normalized spacial score (nSPS) is 17.7. The van der Waals surface area contributed by atoms with Crippen molar-refractivity contribution in [2.45, 2.75) is 0 Å². The molecule has 1 aromatic rings. The molecule has 1 aromatic carbocycles. The second-order valence-electron chi connectivity index (χ2n) is 3.13. The van der Waals surface area contributed by atoms with Crippen LogP contribution in [0.1, 0.15) is 5.56 Å². The zero-order valence-corrected chi connectivity index (χ0v) is 10.2. The third kappa shape index (κ3) is 2.43. The van der Waals surface area contributed by atoms with E-state index in [1.165, 1.54) is 0 Å². The summed E-state index contributed by atoms with van der Waals surface area (Å²) in [6, 6.07) is 7.45. The van der Waals surface area contributed by atoms with Gasteiger partial charge in [-0.15, -0.1) is 0 Å². The van der Waals surface area contributed by atoms with Gasteiger partial charge in [0.1, 0.15) is 10.1 Å². The maximum atomic E-state index is 11.4. The maximum Gasteiger partial charge on any atom is 0.242 e. The Balaban J connectivity index is 2.22. The Labute approximate surface area is 103 Å². The predicted molar refractivity (Wildman–Crippen MR) is 69.3 cm³/mol. The summed E-state index contributed by atoms with van der Waals surface area (Å²) in [6.45, 7) is 0. The first-order valence-corrected chi connectivity index (χ1v) is 5.80. The van der Waals surface area contributed by atoms with E-state index >= 15 is 0 Å². The van der Waals surface area contributed by atoms with Gasteiger partial charge in [-0.2, -0.15) is 0 Å². The summed E-state index contributed by atoms with van der Waals surface area (Å²) < 4.78 is 5.55. The number of carbonyl (C=O) groups excluding carboxylic acids is 1. The second kappa shape index (κ2) is 4.67. The molecule has 1 saturated heterocycles. The average Bonchev–Trinajstić information content (AvgIpc) is 2.59. The molecule has 0 saturated carbocycles. The highest BCUT2D eigenvalue weighted by Crippen LogP contribution is 2.21. The van der Waals surface area contributed by atoms with Gasteiger partial charge in [0.05, 0.1) is 12.8 Å². The third-order valence-electron chi connectivity index (χ3n) is 2.07. The summed E-state index contributed by atoms with van der Waals surface area (Å²) in [5.41, 5.74) is 1.46. The zero-order chi connectivity index (χ0) is 11.5. The van der Waals surface area contributed by atoms with Crippen LogP contribution in [0.5, 0.6) is 5.75 Å². The molecule has 0 spiro atoms. The van der Waals surface area contributed by atoms with Crippen molar-refractivity contribution in [2.24, 2.45) is 0 Å². The van der Waals surface area contributed by atoms with Crippen molar-refractivity contribution in [2.75, 3.05) is 7.11 Å². The quantitative estimate of drug-likeness (QED) is 0.644. The molecule has 1 aliphatic heterocycles. The van der Waals surface area contributed by atoms with E-state index in [1.54, 1.807) is 13.2 Å². The van der Waals surface area contributed by atoms with Crippen LogP contribution < -0.4 is 10.1 Å². The number of hydrogen-bond donors (Lipinski definition) is 1. The standard InChI is InChI=1S/C11H9NO2S2/c1-14-8-4-2-7(3-5-8)6-9-10(13)16-11(15)12-9/h2-6H,1H3,(H,12,15)/b9-6+. The first kappa shape index (κ1) is 11.2. The summed E-state index contributed by atoms with van der Waals surface area (Å²) in [7, 11) is 1.62. The molecular formula is C11H9NO2S2. The number of thioether (sulfide) groups is 1. The van der Waals surface area contributed by atoms with Gasteiger partial charge in [-0.05, 0) is 35.5 Å². The lowest BCUT2D eigenvalue weighted by Gasteiger charge is -2.00. The Hall–Kier alpha value is -1.33. The Morgan fingerprint density at radius 3 is 2.56 bits per heavy atom. The molecule has 16 heavy (non-hydrogen) atoms. The van der Waals surface area contributed by atoms with Gasteiger partial charge in [0.2, 0.25) is 5.12 Å². The molecule has 1 N–H and O–H groups in total. The number of thiocarbonyl (C=S) groups is 1. The van der Waals surface area contributed by atoms with E-state index in [9.17, 15) is 4.79 Å². The van der Waals surface area contributed by atoms with E-state index in [4.69, 9.17) is 17.0 Å². The Morgan fingerprint density at radius 1 is 1.38 bits per heavy atom. The molecule has 3 nitrogen and oxygen atoms in total. The van der Waals surface area contributed by atoms with Gasteiger partial charge in [0.15, 0.2) is 0 Å². The van der Waals surface area contributed by atoms with Crippen molar-refractivity contribution < 1.29 is 9.53 Å². The van der Waals surface area contributed by atoms with E-state index in [-0.39, 0.29) is 5.12 Å². The van der Waals surface area contributed by atoms with Crippen molar-refractivity contribution in [1.29, 1.82) is 0 Å². The second-order valence-corrected chi connectivity index (χ2v) is 4.78. The van der Waals surface area contributed by atoms with E-state index in [0.29, 0.717) is 10.0 Å². The maximum absolute atomic E-state index is 11.4. The van der Waals surface area contributed by atoms with E-state index in [2.05, 4.69) is 5.32 Å². The predicted octanol–water partition coefficient (Wildman–Crippen LogP) is 2.18. The molecule has 0 aliphatic carbocycles. The summed E-state index contributed by atoms with van der Waals surface area (Å²) in [5.74, 6) is 0.790. The van der Waals surface area contributed by atoms with Crippen LogP contribution in [0.4, 0.5) is 0 Å². The number of methoxy groups -OCH3 is 1. The van der Waals surface area contributed by atoms with Crippen molar-refractivity contribution in [3.63, 3.8) is 0 Å². The minimum absolute atomic E-state index is 0.0409. The minimum atomic E-state index is -0.0409. The molecule has 1 heterocycles. The number of nitrogens with one attached hydrogen (secondary N) is 1. The summed E-state index contributed by atoms with van der Waals surface area (Å²) >= 11 is 5.94. The molecule has 0 unspecified atom stereocenters. The zero-order valence-electron chi connectivity index (χ0n) is 8.52. The molecule has 82 valence electrons. The van der Waals surface area contributed by atoms with Gasteiger partial charge < -0.3 is 10.1 Å². The summed E-state index contributed by atoms with van der Waals surface area (Å²) in [5, 5.41) is 2.81. The van der Waals surface area contributed by atoms with E-state index in [1.807, 2.05) is 24.3 Å². The Morgan fingerprint density at radius 2 is 2.06 bits per heavy atom.